The van der Waals surface area contributed by atoms with E-state index >= 15 is 0 Å². The van der Waals surface area contributed by atoms with Crippen molar-refractivity contribution in [1.82, 2.24) is 10.2 Å². The average Bonchev–Trinajstić information content (AvgIpc) is 2.45. The molecule has 1 aromatic carbocycles. The molecule has 0 fully saturated rings. The Bertz CT molecular complexity index is 533. The van der Waals surface area contributed by atoms with E-state index in [1.807, 2.05) is 19.0 Å². The third kappa shape index (κ3) is 6.39. The number of rotatable bonds is 6. The molecule has 5 heteroatoms. The zero-order chi connectivity index (χ0) is 15.7. The Morgan fingerprint density at radius 1 is 1.43 bits per heavy atom. The third-order valence-corrected chi connectivity index (χ3v) is 2.75. The van der Waals surface area contributed by atoms with Crippen molar-refractivity contribution in [3.05, 3.63) is 35.1 Å². The molecule has 0 aliphatic rings. The van der Waals surface area contributed by atoms with E-state index in [1.54, 1.807) is 0 Å². The van der Waals surface area contributed by atoms with Gasteiger partial charge in [-0.15, -0.1) is 0 Å². The fourth-order valence-electron chi connectivity index (χ4n) is 1.69. The minimum atomic E-state index is -0.562. The first-order chi connectivity index (χ1) is 10.0. The number of carbonyl (C=O) groups is 1. The lowest BCUT2D eigenvalue weighted by Gasteiger charge is -2.10. The van der Waals surface area contributed by atoms with Gasteiger partial charge in [-0.3, -0.25) is 4.79 Å². The number of benzene rings is 1. The van der Waals surface area contributed by atoms with Gasteiger partial charge in [-0.1, -0.05) is 11.8 Å². The number of nitrogens with one attached hydrogen (secondary N) is 1. The second-order valence-corrected chi connectivity index (χ2v) is 4.88. The Hall–Kier alpha value is -1.90. The van der Waals surface area contributed by atoms with Crippen LogP contribution in [-0.4, -0.2) is 49.7 Å². The minimum Gasteiger partial charge on any atom is -0.395 e. The predicted molar refractivity (Wildman–Crippen MR) is 80.5 cm³/mol. The third-order valence-electron chi connectivity index (χ3n) is 2.75. The van der Waals surface area contributed by atoms with Crippen molar-refractivity contribution in [2.45, 2.75) is 12.8 Å². The SMILES string of the molecule is CN(C)CCCNC(=O)c1cc(C#CCCO)ccc1F. The number of hydrogen-bond donors (Lipinski definition) is 2. The maximum absolute atomic E-state index is 13.7. The molecule has 0 bridgehead atoms. The van der Waals surface area contributed by atoms with Gasteiger partial charge >= 0.3 is 0 Å². The quantitative estimate of drug-likeness (QED) is 0.613. The van der Waals surface area contributed by atoms with Gasteiger partial charge in [0.25, 0.3) is 5.91 Å². The van der Waals surface area contributed by atoms with E-state index < -0.39 is 11.7 Å². The second kappa shape index (κ2) is 9.11. The van der Waals surface area contributed by atoms with Crippen molar-refractivity contribution >= 4 is 5.91 Å². The molecule has 0 aromatic heterocycles. The number of carbonyl (C=O) groups excluding carboxylic acids is 1. The zero-order valence-electron chi connectivity index (χ0n) is 12.4. The van der Waals surface area contributed by atoms with Crippen LogP contribution >= 0.6 is 0 Å². The first-order valence-electron chi connectivity index (χ1n) is 6.87. The molecule has 4 nitrogen and oxygen atoms in total. The van der Waals surface area contributed by atoms with Crippen LogP contribution in [0.2, 0.25) is 0 Å². The monoisotopic (exact) mass is 292 g/mol. The number of amides is 1. The molecule has 1 amide bonds. The van der Waals surface area contributed by atoms with Crippen LogP contribution in [-0.2, 0) is 0 Å². The first-order valence-corrected chi connectivity index (χ1v) is 6.87. The molecule has 0 radical (unpaired) electrons. The summed E-state index contributed by atoms with van der Waals surface area (Å²) in [7, 11) is 3.91. The van der Waals surface area contributed by atoms with Crippen molar-refractivity contribution in [2.24, 2.45) is 0 Å². The fourth-order valence-corrected chi connectivity index (χ4v) is 1.69. The summed E-state index contributed by atoms with van der Waals surface area (Å²) in [6.07, 6.45) is 1.15. The molecule has 0 aliphatic carbocycles. The zero-order valence-corrected chi connectivity index (χ0v) is 12.4. The van der Waals surface area contributed by atoms with Crippen LogP contribution in [0.4, 0.5) is 4.39 Å². The predicted octanol–water partition coefficient (Wildman–Crippen LogP) is 1.24. The molecule has 0 saturated carbocycles. The molecule has 2 N–H and O–H groups in total. The van der Waals surface area contributed by atoms with E-state index in [1.165, 1.54) is 18.2 Å². The summed E-state index contributed by atoms with van der Waals surface area (Å²) in [5, 5.41) is 11.4. The van der Waals surface area contributed by atoms with Gasteiger partial charge < -0.3 is 15.3 Å². The van der Waals surface area contributed by atoms with E-state index in [4.69, 9.17) is 5.11 Å². The molecular formula is C16H21FN2O2. The van der Waals surface area contributed by atoms with Crippen molar-refractivity contribution in [3.63, 3.8) is 0 Å². The van der Waals surface area contributed by atoms with Gasteiger partial charge in [-0.2, -0.15) is 0 Å². The summed E-state index contributed by atoms with van der Waals surface area (Å²) < 4.78 is 13.7. The van der Waals surface area contributed by atoms with Crippen molar-refractivity contribution in [1.29, 1.82) is 0 Å². The normalized spacial score (nSPS) is 10.1. The minimum absolute atomic E-state index is 0.00403. The maximum Gasteiger partial charge on any atom is 0.254 e. The number of hydrogen-bond acceptors (Lipinski definition) is 3. The second-order valence-electron chi connectivity index (χ2n) is 4.88. The van der Waals surface area contributed by atoms with Crippen molar-refractivity contribution in [3.8, 4) is 11.8 Å². The molecule has 0 heterocycles. The topological polar surface area (TPSA) is 52.6 Å². The highest BCUT2D eigenvalue weighted by Crippen LogP contribution is 2.10. The number of aliphatic hydroxyl groups is 1. The van der Waals surface area contributed by atoms with Gasteiger partial charge in [-0.25, -0.2) is 4.39 Å². The van der Waals surface area contributed by atoms with E-state index in [2.05, 4.69) is 17.2 Å². The molecule has 0 unspecified atom stereocenters. The molecule has 0 atom stereocenters. The summed E-state index contributed by atoms with van der Waals surface area (Å²) in [4.78, 5) is 14.0. The lowest BCUT2D eigenvalue weighted by atomic mass is 10.1. The number of nitrogens with zero attached hydrogens (tertiary/aromatic N) is 1. The van der Waals surface area contributed by atoms with E-state index in [0.29, 0.717) is 18.5 Å². The Morgan fingerprint density at radius 3 is 2.86 bits per heavy atom. The smallest absolute Gasteiger partial charge is 0.254 e. The van der Waals surface area contributed by atoms with Gasteiger partial charge in [0.1, 0.15) is 5.82 Å². The summed E-state index contributed by atoms with van der Waals surface area (Å²) in [5.74, 6) is 4.53. The maximum atomic E-state index is 13.7. The van der Waals surface area contributed by atoms with Crippen LogP contribution in [0, 0.1) is 17.7 Å². The molecule has 0 saturated heterocycles. The highest BCUT2D eigenvalue weighted by atomic mass is 19.1. The Balaban J connectivity index is 2.66. The van der Waals surface area contributed by atoms with E-state index in [9.17, 15) is 9.18 Å². The van der Waals surface area contributed by atoms with Gasteiger partial charge in [0.2, 0.25) is 0 Å². The van der Waals surface area contributed by atoms with Crippen molar-refractivity contribution < 1.29 is 14.3 Å². The number of halogens is 1. The number of aliphatic hydroxyl groups excluding tert-OH is 1. The molecule has 21 heavy (non-hydrogen) atoms. The molecule has 1 aromatic rings. The average molecular weight is 292 g/mol. The van der Waals surface area contributed by atoms with Gasteiger partial charge in [0.15, 0.2) is 0 Å². The van der Waals surface area contributed by atoms with Crippen LogP contribution < -0.4 is 5.32 Å². The molecule has 0 spiro atoms. The van der Waals surface area contributed by atoms with Crippen LogP contribution in [0.15, 0.2) is 18.2 Å². The van der Waals surface area contributed by atoms with Crippen molar-refractivity contribution in [2.75, 3.05) is 33.8 Å². The van der Waals surface area contributed by atoms with E-state index in [0.717, 1.165) is 13.0 Å². The highest BCUT2D eigenvalue weighted by molar-refractivity contribution is 5.94. The Kier molecular flexibility index (Phi) is 7.44. The largest absolute Gasteiger partial charge is 0.395 e. The Labute approximate surface area is 125 Å². The van der Waals surface area contributed by atoms with Crippen LogP contribution in [0.5, 0.6) is 0 Å². The summed E-state index contributed by atoms with van der Waals surface area (Å²) >= 11 is 0. The van der Waals surface area contributed by atoms with E-state index in [-0.39, 0.29) is 12.2 Å². The summed E-state index contributed by atoms with van der Waals surface area (Å²) in [6.45, 7) is 1.33. The van der Waals surface area contributed by atoms with Gasteiger partial charge in [-0.05, 0) is 45.3 Å². The van der Waals surface area contributed by atoms with Gasteiger partial charge in [0, 0.05) is 18.5 Å². The van der Waals surface area contributed by atoms with Crippen LogP contribution in [0.3, 0.4) is 0 Å². The van der Waals surface area contributed by atoms with Gasteiger partial charge in [0.05, 0.1) is 12.2 Å². The summed E-state index contributed by atoms with van der Waals surface area (Å²) in [5.41, 5.74) is 0.555. The molecule has 1 rings (SSSR count). The standard InChI is InChI=1S/C16H21FN2O2/c1-19(2)10-5-9-18-16(21)14-12-13(6-3-4-11-20)7-8-15(14)17/h7-8,12,20H,4-5,9-11H2,1-2H3,(H,18,21). The molecular weight excluding hydrogens is 271 g/mol. The lowest BCUT2D eigenvalue weighted by Crippen LogP contribution is -2.27. The van der Waals surface area contributed by atoms with Crippen LogP contribution in [0.25, 0.3) is 0 Å². The Morgan fingerprint density at radius 2 is 2.19 bits per heavy atom. The molecule has 114 valence electrons. The first kappa shape index (κ1) is 17.2. The lowest BCUT2D eigenvalue weighted by molar-refractivity contribution is 0.0948. The fraction of sp³-hybridized carbons (Fsp3) is 0.438. The summed E-state index contributed by atoms with van der Waals surface area (Å²) in [6, 6.07) is 4.18. The van der Waals surface area contributed by atoms with Crippen LogP contribution in [0.1, 0.15) is 28.8 Å². The highest BCUT2D eigenvalue weighted by Gasteiger charge is 2.11. The molecule has 0 aliphatic heterocycles.